The summed E-state index contributed by atoms with van der Waals surface area (Å²) in [5, 5.41) is 0. The second-order valence-electron chi connectivity index (χ2n) is 2.17. The third-order valence-electron chi connectivity index (χ3n) is 0.861. The van der Waals surface area contributed by atoms with Gasteiger partial charge in [-0.25, -0.2) is 8.42 Å². The molecule has 0 aromatic heterocycles. The van der Waals surface area contributed by atoms with Crippen molar-refractivity contribution in [2.75, 3.05) is 18.3 Å². The van der Waals surface area contributed by atoms with Crippen LogP contribution in [0, 0.1) is 0 Å². The van der Waals surface area contributed by atoms with Crippen LogP contribution in [0.1, 0.15) is 6.92 Å². The highest BCUT2D eigenvalue weighted by Gasteiger charge is 2.36. The van der Waals surface area contributed by atoms with Gasteiger partial charge in [-0.1, -0.05) is 0 Å². The summed E-state index contributed by atoms with van der Waals surface area (Å²) in [6.07, 6.45) is 4.50. The summed E-state index contributed by atoms with van der Waals surface area (Å²) in [6, 6.07) is 0. The Morgan fingerprint density at radius 3 is 1.46 bits per heavy atom. The molecule has 0 aromatic carbocycles. The Kier molecular flexibility index (Phi) is 6.82. The van der Waals surface area contributed by atoms with Gasteiger partial charge in [0.15, 0.2) is 10.1 Å². The summed E-state index contributed by atoms with van der Waals surface area (Å²) in [6.45, 7) is 2.21. The van der Waals surface area contributed by atoms with Gasteiger partial charge in [0.25, 0.3) is 0 Å². The van der Waals surface area contributed by atoms with E-state index in [2.05, 4.69) is 19.4 Å². The highest BCUT2D eigenvalue weighted by Crippen LogP contribution is 2.20. The standard InChI is InChI=1S/C4H11S.CHF3O3S/c1-4-5(2)3;2-1(3,4)8(5,6)7/h4H2,1-3H3;(H,5,6,7)/q+1;/p-1. The molecule has 0 N–H and O–H groups in total. The van der Waals surface area contributed by atoms with Crippen molar-refractivity contribution < 1.29 is 26.1 Å². The molecule has 0 atom stereocenters. The van der Waals surface area contributed by atoms with Crippen LogP contribution in [0.15, 0.2) is 0 Å². The van der Waals surface area contributed by atoms with Crippen LogP contribution < -0.4 is 0 Å². The molecular weight excluding hydrogens is 229 g/mol. The van der Waals surface area contributed by atoms with Crippen molar-refractivity contribution >= 4 is 21.0 Å². The van der Waals surface area contributed by atoms with Crippen LogP contribution in [-0.2, 0) is 21.0 Å². The average Bonchev–Trinajstić information content (AvgIpc) is 1.84. The molecule has 0 radical (unpaired) electrons. The van der Waals surface area contributed by atoms with Crippen molar-refractivity contribution in [2.45, 2.75) is 12.4 Å². The first-order chi connectivity index (χ1) is 5.52. The van der Waals surface area contributed by atoms with Crippen LogP contribution in [0.4, 0.5) is 13.2 Å². The zero-order valence-electron chi connectivity index (χ0n) is 7.38. The van der Waals surface area contributed by atoms with Gasteiger partial charge in [0.2, 0.25) is 0 Å². The number of alkyl halides is 3. The minimum absolute atomic E-state index is 0.677. The van der Waals surface area contributed by atoms with Gasteiger partial charge < -0.3 is 4.55 Å². The summed E-state index contributed by atoms with van der Waals surface area (Å²) < 4.78 is 58.9. The molecule has 0 aromatic rings. The smallest absolute Gasteiger partial charge is 0.485 e. The van der Waals surface area contributed by atoms with Crippen LogP contribution in [-0.4, -0.2) is 36.7 Å². The third-order valence-corrected chi connectivity index (χ3v) is 2.58. The first-order valence-electron chi connectivity index (χ1n) is 3.08. The van der Waals surface area contributed by atoms with E-state index in [-0.39, 0.29) is 0 Å². The Morgan fingerprint density at radius 2 is 1.46 bits per heavy atom. The van der Waals surface area contributed by atoms with Crippen molar-refractivity contribution in [2.24, 2.45) is 0 Å². The Morgan fingerprint density at radius 1 is 1.31 bits per heavy atom. The van der Waals surface area contributed by atoms with E-state index in [0.29, 0.717) is 10.9 Å². The molecule has 0 heterocycles. The third kappa shape index (κ3) is 9.97. The Labute approximate surface area is 78.4 Å². The van der Waals surface area contributed by atoms with Crippen LogP contribution in [0.2, 0.25) is 0 Å². The van der Waals surface area contributed by atoms with Crippen molar-refractivity contribution in [3.8, 4) is 0 Å². The second-order valence-corrected chi connectivity index (χ2v) is 6.09. The molecule has 0 bridgehead atoms. The predicted molar refractivity (Wildman–Crippen MR) is 45.5 cm³/mol. The molecule has 0 rings (SSSR count). The summed E-state index contributed by atoms with van der Waals surface area (Å²) >= 11 is 0. The molecule has 0 spiro atoms. The Hall–Kier alpha value is 0.0500. The first-order valence-corrected chi connectivity index (χ1v) is 6.70. The highest BCUT2D eigenvalue weighted by molar-refractivity contribution is 7.95. The maximum atomic E-state index is 10.7. The van der Waals surface area contributed by atoms with Gasteiger partial charge in [0.1, 0.15) is 5.75 Å². The normalized spacial score (nSPS) is 12.3. The van der Waals surface area contributed by atoms with Crippen LogP contribution in [0.25, 0.3) is 0 Å². The van der Waals surface area contributed by atoms with Crippen molar-refractivity contribution in [3.63, 3.8) is 0 Å². The van der Waals surface area contributed by atoms with Gasteiger partial charge in [-0.2, -0.15) is 13.2 Å². The lowest BCUT2D eigenvalue weighted by atomic mass is 11.0. The summed E-state index contributed by atoms with van der Waals surface area (Å²) in [5.74, 6) is 1.33. The van der Waals surface area contributed by atoms with Gasteiger partial charge in [-0.3, -0.25) is 0 Å². The van der Waals surface area contributed by atoms with E-state index in [0.717, 1.165) is 0 Å². The first kappa shape index (κ1) is 15.5. The fourth-order valence-electron chi connectivity index (χ4n) is 0. The van der Waals surface area contributed by atoms with Gasteiger partial charge in [0.05, 0.1) is 12.5 Å². The Balaban J connectivity index is 0. The van der Waals surface area contributed by atoms with E-state index in [1.165, 1.54) is 5.75 Å². The van der Waals surface area contributed by atoms with Gasteiger partial charge >= 0.3 is 5.51 Å². The van der Waals surface area contributed by atoms with E-state index in [9.17, 15) is 13.2 Å². The topological polar surface area (TPSA) is 57.2 Å². The Bertz CT molecular complexity index is 220. The molecule has 0 saturated carbocycles. The molecule has 8 heteroatoms. The quantitative estimate of drug-likeness (QED) is 0.389. The lowest BCUT2D eigenvalue weighted by Crippen LogP contribution is -2.21. The summed E-state index contributed by atoms with van der Waals surface area (Å²) in [7, 11) is -5.41. The van der Waals surface area contributed by atoms with E-state index in [1.54, 1.807) is 0 Å². The number of hydrogen-bond donors (Lipinski definition) is 0. The molecule has 0 aliphatic carbocycles. The number of hydrogen-bond acceptors (Lipinski definition) is 3. The van der Waals surface area contributed by atoms with E-state index in [4.69, 9.17) is 13.0 Å². The average molecular weight is 240 g/mol. The van der Waals surface area contributed by atoms with Crippen molar-refractivity contribution in [1.29, 1.82) is 0 Å². The van der Waals surface area contributed by atoms with Crippen LogP contribution in [0.3, 0.4) is 0 Å². The largest absolute Gasteiger partial charge is 0.741 e. The van der Waals surface area contributed by atoms with Crippen LogP contribution >= 0.6 is 0 Å². The van der Waals surface area contributed by atoms with Gasteiger partial charge in [0, 0.05) is 0 Å². The SMILES string of the molecule is CC[S+](C)C.O=S(=O)([O-])C(F)(F)F. The molecular formula is C5H11F3O3S2. The van der Waals surface area contributed by atoms with Crippen molar-refractivity contribution in [1.82, 2.24) is 0 Å². The molecule has 0 amide bonds. The second kappa shape index (κ2) is 5.71. The molecule has 3 nitrogen and oxygen atoms in total. The maximum absolute atomic E-state index is 10.7. The zero-order chi connectivity index (χ0) is 11.3. The fraction of sp³-hybridized carbons (Fsp3) is 1.00. The molecule has 0 aliphatic rings. The molecule has 0 unspecified atom stereocenters. The molecule has 13 heavy (non-hydrogen) atoms. The minimum atomic E-state index is -6.09. The van der Waals surface area contributed by atoms with E-state index >= 15 is 0 Å². The minimum Gasteiger partial charge on any atom is -0.741 e. The van der Waals surface area contributed by atoms with E-state index in [1.807, 2.05) is 0 Å². The molecule has 82 valence electrons. The fourth-order valence-corrected chi connectivity index (χ4v) is 0. The van der Waals surface area contributed by atoms with Gasteiger partial charge in [-0.05, 0) is 17.8 Å². The molecule has 0 saturated heterocycles. The molecule has 0 fully saturated rings. The summed E-state index contributed by atoms with van der Waals surface area (Å²) in [5.41, 5.74) is -5.65. The van der Waals surface area contributed by atoms with Crippen LogP contribution in [0.5, 0.6) is 0 Å². The lowest BCUT2D eigenvalue weighted by Gasteiger charge is -2.08. The monoisotopic (exact) mass is 240 g/mol. The van der Waals surface area contributed by atoms with Gasteiger partial charge in [-0.15, -0.1) is 0 Å². The number of rotatable bonds is 1. The number of halogens is 3. The van der Waals surface area contributed by atoms with E-state index < -0.39 is 15.6 Å². The lowest BCUT2D eigenvalue weighted by molar-refractivity contribution is -0.0517. The zero-order valence-corrected chi connectivity index (χ0v) is 9.02. The predicted octanol–water partition coefficient (Wildman–Crippen LogP) is 0.936. The highest BCUT2D eigenvalue weighted by atomic mass is 32.2. The maximum Gasteiger partial charge on any atom is 0.485 e. The summed E-state index contributed by atoms with van der Waals surface area (Å²) in [4.78, 5) is 0. The van der Waals surface area contributed by atoms with Crippen molar-refractivity contribution in [3.05, 3.63) is 0 Å². The molecule has 0 aliphatic heterocycles.